The molecule has 136 valence electrons. The van der Waals surface area contributed by atoms with Crippen molar-refractivity contribution in [3.63, 3.8) is 0 Å². The van der Waals surface area contributed by atoms with E-state index in [4.69, 9.17) is 0 Å². The number of thioether (sulfide) groups is 1. The van der Waals surface area contributed by atoms with Crippen molar-refractivity contribution in [2.75, 3.05) is 11.1 Å². The third-order valence-electron chi connectivity index (χ3n) is 4.31. The zero-order valence-corrected chi connectivity index (χ0v) is 14.5. The Hall–Kier alpha value is -2.49. The fourth-order valence-electron chi connectivity index (χ4n) is 2.72. The molecule has 0 aliphatic heterocycles. The zero-order chi connectivity index (χ0) is 18.3. The van der Waals surface area contributed by atoms with Gasteiger partial charge in [-0.05, 0) is 31.7 Å². The molecule has 2 aliphatic carbocycles. The predicted octanol–water partition coefficient (Wildman–Crippen LogP) is 3.27. The number of carbonyl (C=O) groups is 1. The van der Waals surface area contributed by atoms with Crippen molar-refractivity contribution in [2.24, 2.45) is 0 Å². The normalized spacial score (nSPS) is 16.5. The Bertz CT molecular complexity index is 879. The number of benzene rings is 1. The van der Waals surface area contributed by atoms with Gasteiger partial charge in [0.2, 0.25) is 5.91 Å². The number of non-ortho nitro benzene ring substituents is 1. The Kier molecular flexibility index (Phi) is 4.35. The highest BCUT2D eigenvalue weighted by molar-refractivity contribution is 7.99. The van der Waals surface area contributed by atoms with Gasteiger partial charge >= 0.3 is 0 Å². The number of carbonyl (C=O) groups excluding carboxylic acids is 1. The molecule has 0 radical (unpaired) electrons. The first-order valence-corrected chi connectivity index (χ1v) is 9.33. The monoisotopic (exact) mass is 377 g/mol. The molecule has 1 aromatic carbocycles. The van der Waals surface area contributed by atoms with E-state index in [1.807, 2.05) is 0 Å². The Morgan fingerprint density at radius 2 is 2.12 bits per heavy atom. The number of hydrogen-bond donors (Lipinski definition) is 1. The van der Waals surface area contributed by atoms with Crippen LogP contribution in [0.3, 0.4) is 0 Å². The van der Waals surface area contributed by atoms with E-state index < -0.39 is 16.6 Å². The molecule has 2 fully saturated rings. The van der Waals surface area contributed by atoms with Gasteiger partial charge in [-0.1, -0.05) is 11.8 Å². The number of hydrogen-bond acceptors (Lipinski definition) is 6. The van der Waals surface area contributed by atoms with E-state index in [2.05, 4.69) is 20.1 Å². The number of anilines is 1. The summed E-state index contributed by atoms with van der Waals surface area (Å²) in [4.78, 5) is 22.3. The summed E-state index contributed by atoms with van der Waals surface area (Å²) in [6.45, 7) is 0. The molecule has 0 bridgehead atoms. The minimum atomic E-state index is -0.717. The summed E-state index contributed by atoms with van der Waals surface area (Å²) in [5.41, 5.74) is -0.482. The molecule has 0 saturated heterocycles. The molecular formula is C16H16FN5O3S. The summed E-state index contributed by atoms with van der Waals surface area (Å²) in [5, 5.41) is 22.3. The first kappa shape index (κ1) is 17.0. The van der Waals surface area contributed by atoms with Crippen LogP contribution in [0.1, 0.15) is 43.5 Å². The Balaban J connectivity index is 1.42. The van der Waals surface area contributed by atoms with Crippen LogP contribution >= 0.6 is 11.8 Å². The molecule has 1 heterocycles. The number of nitrogens with one attached hydrogen (secondary N) is 1. The average molecular weight is 377 g/mol. The Labute approximate surface area is 152 Å². The molecule has 0 unspecified atom stereocenters. The standard InChI is InChI=1S/C16H16FN5O3S/c17-12-6-5-11(22(24)25)7-13(12)18-14(23)8-26-16-20-19-15(9-1-2-9)21(16)10-3-4-10/h5-7,9-10H,1-4,8H2,(H,18,23). The Morgan fingerprint density at radius 1 is 1.35 bits per heavy atom. The highest BCUT2D eigenvalue weighted by Crippen LogP contribution is 2.46. The number of rotatable bonds is 7. The van der Waals surface area contributed by atoms with Gasteiger partial charge in [-0.3, -0.25) is 14.9 Å². The van der Waals surface area contributed by atoms with Crippen LogP contribution in [-0.2, 0) is 4.79 Å². The second-order valence-corrected chi connectivity index (χ2v) is 7.42. The van der Waals surface area contributed by atoms with E-state index in [1.165, 1.54) is 11.8 Å². The van der Waals surface area contributed by atoms with Gasteiger partial charge in [0.15, 0.2) is 5.16 Å². The zero-order valence-electron chi connectivity index (χ0n) is 13.7. The molecule has 26 heavy (non-hydrogen) atoms. The molecule has 2 saturated carbocycles. The lowest BCUT2D eigenvalue weighted by Crippen LogP contribution is -2.16. The van der Waals surface area contributed by atoms with E-state index in [1.54, 1.807) is 0 Å². The second-order valence-electron chi connectivity index (χ2n) is 6.47. The molecule has 8 nitrogen and oxygen atoms in total. The fourth-order valence-corrected chi connectivity index (χ4v) is 3.53. The third kappa shape index (κ3) is 3.55. The molecule has 1 N–H and O–H groups in total. The maximum absolute atomic E-state index is 13.8. The van der Waals surface area contributed by atoms with Crippen molar-refractivity contribution < 1.29 is 14.1 Å². The van der Waals surface area contributed by atoms with Gasteiger partial charge in [0.05, 0.1) is 16.4 Å². The van der Waals surface area contributed by atoms with E-state index in [0.717, 1.165) is 49.7 Å². The molecule has 1 amide bonds. The van der Waals surface area contributed by atoms with Crippen LogP contribution in [0.25, 0.3) is 0 Å². The highest BCUT2D eigenvalue weighted by atomic mass is 32.2. The molecular weight excluding hydrogens is 361 g/mol. The molecule has 2 aromatic rings. The summed E-state index contributed by atoms with van der Waals surface area (Å²) in [6.07, 6.45) is 4.44. The molecule has 10 heteroatoms. The molecule has 0 atom stereocenters. The molecule has 1 aromatic heterocycles. The predicted molar refractivity (Wildman–Crippen MR) is 92.7 cm³/mol. The summed E-state index contributed by atoms with van der Waals surface area (Å²) < 4.78 is 15.9. The number of amides is 1. The smallest absolute Gasteiger partial charge is 0.271 e. The molecule has 4 rings (SSSR count). The van der Waals surface area contributed by atoms with Crippen LogP contribution in [-0.4, -0.2) is 31.3 Å². The lowest BCUT2D eigenvalue weighted by Gasteiger charge is -2.09. The van der Waals surface area contributed by atoms with Crippen molar-refractivity contribution >= 4 is 29.0 Å². The highest BCUT2D eigenvalue weighted by Gasteiger charge is 2.36. The van der Waals surface area contributed by atoms with Gasteiger partial charge in [-0.2, -0.15) is 0 Å². The Morgan fingerprint density at radius 3 is 2.77 bits per heavy atom. The summed E-state index contributed by atoms with van der Waals surface area (Å²) >= 11 is 1.25. The molecule has 0 spiro atoms. The largest absolute Gasteiger partial charge is 0.323 e. The summed E-state index contributed by atoms with van der Waals surface area (Å²) in [7, 11) is 0. The van der Waals surface area contributed by atoms with Crippen molar-refractivity contribution in [1.29, 1.82) is 0 Å². The van der Waals surface area contributed by atoms with Gasteiger partial charge in [-0.15, -0.1) is 10.2 Å². The summed E-state index contributed by atoms with van der Waals surface area (Å²) in [6, 6.07) is 3.44. The topological polar surface area (TPSA) is 103 Å². The SMILES string of the molecule is O=C(CSc1nnc(C2CC2)n1C1CC1)Nc1cc([N+](=O)[O-])ccc1F. The van der Waals surface area contributed by atoms with Crippen LogP contribution in [0.5, 0.6) is 0 Å². The van der Waals surface area contributed by atoms with E-state index in [9.17, 15) is 19.3 Å². The van der Waals surface area contributed by atoms with Crippen LogP contribution in [0.15, 0.2) is 23.4 Å². The van der Waals surface area contributed by atoms with Crippen molar-refractivity contribution in [3.8, 4) is 0 Å². The van der Waals surface area contributed by atoms with Gasteiger partial charge in [0, 0.05) is 24.1 Å². The first-order valence-electron chi connectivity index (χ1n) is 8.34. The van der Waals surface area contributed by atoms with Crippen molar-refractivity contribution in [1.82, 2.24) is 14.8 Å². The van der Waals surface area contributed by atoms with Gasteiger partial charge in [0.1, 0.15) is 11.6 Å². The van der Waals surface area contributed by atoms with Crippen LogP contribution in [0.4, 0.5) is 15.8 Å². The average Bonchev–Trinajstić information content (AvgIpc) is 3.53. The summed E-state index contributed by atoms with van der Waals surface area (Å²) in [5.74, 6) is 0.335. The van der Waals surface area contributed by atoms with Gasteiger partial charge in [0.25, 0.3) is 5.69 Å². The lowest BCUT2D eigenvalue weighted by atomic mass is 10.2. The van der Waals surface area contributed by atoms with Crippen LogP contribution in [0, 0.1) is 15.9 Å². The quantitative estimate of drug-likeness (QED) is 0.451. The van der Waals surface area contributed by atoms with E-state index >= 15 is 0 Å². The van der Waals surface area contributed by atoms with Crippen molar-refractivity contribution in [3.05, 3.63) is 40.0 Å². The second kappa shape index (κ2) is 6.67. The number of nitro benzene ring substituents is 1. The first-order chi connectivity index (χ1) is 12.5. The van der Waals surface area contributed by atoms with Gasteiger partial charge in [-0.25, -0.2) is 4.39 Å². The number of aromatic nitrogens is 3. The maximum Gasteiger partial charge on any atom is 0.271 e. The minimum Gasteiger partial charge on any atom is -0.323 e. The number of nitro groups is 1. The number of nitrogens with zero attached hydrogens (tertiary/aromatic N) is 4. The molecule has 2 aliphatic rings. The van der Waals surface area contributed by atoms with Gasteiger partial charge < -0.3 is 9.88 Å². The minimum absolute atomic E-state index is 0.0254. The van der Waals surface area contributed by atoms with E-state index in [0.29, 0.717) is 17.1 Å². The fraction of sp³-hybridized carbons (Fsp3) is 0.438. The third-order valence-corrected chi connectivity index (χ3v) is 5.26. The lowest BCUT2D eigenvalue weighted by molar-refractivity contribution is -0.384. The van der Waals surface area contributed by atoms with Crippen LogP contribution < -0.4 is 5.32 Å². The van der Waals surface area contributed by atoms with E-state index in [-0.39, 0.29) is 17.1 Å². The maximum atomic E-state index is 13.8. The van der Waals surface area contributed by atoms with Crippen molar-refractivity contribution in [2.45, 2.75) is 42.8 Å². The van der Waals surface area contributed by atoms with Crippen LogP contribution in [0.2, 0.25) is 0 Å². The number of halogens is 1.